The third-order valence-electron chi connectivity index (χ3n) is 7.24. The second-order valence-corrected chi connectivity index (χ2v) is 10.2. The van der Waals surface area contributed by atoms with E-state index in [0.717, 1.165) is 29.8 Å². The van der Waals surface area contributed by atoms with Gasteiger partial charge in [0.05, 0.1) is 17.4 Å². The van der Waals surface area contributed by atoms with Gasteiger partial charge >= 0.3 is 0 Å². The number of aryl methyl sites for hydroxylation is 2. The molecule has 37 heavy (non-hydrogen) atoms. The molecule has 0 radical (unpaired) electrons. The molecule has 0 amide bonds. The monoisotopic (exact) mass is 484 g/mol. The topological polar surface area (TPSA) is 24.9 Å². The van der Waals surface area contributed by atoms with Crippen LogP contribution in [0.3, 0.4) is 0 Å². The first-order valence-electron chi connectivity index (χ1n) is 13.5. The van der Waals surface area contributed by atoms with E-state index in [2.05, 4.69) is 136 Å². The number of aromatic nitrogens is 1. The first kappa shape index (κ1) is 24.8. The fourth-order valence-electron chi connectivity index (χ4n) is 5.33. The van der Waals surface area contributed by atoms with Crippen molar-refractivity contribution in [3.8, 4) is 11.3 Å². The first-order valence-corrected chi connectivity index (χ1v) is 13.5. The van der Waals surface area contributed by atoms with Crippen LogP contribution < -0.4 is 5.32 Å². The lowest BCUT2D eigenvalue weighted by Crippen LogP contribution is -2.18. The lowest BCUT2D eigenvalue weighted by atomic mass is 9.92. The second kappa shape index (κ2) is 11.0. The van der Waals surface area contributed by atoms with Crippen molar-refractivity contribution >= 4 is 16.5 Å². The summed E-state index contributed by atoms with van der Waals surface area (Å²) in [6.45, 7) is 9.00. The van der Waals surface area contributed by atoms with Gasteiger partial charge in [0.25, 0.3) is 0 Å². The zero-order valence-electron chi connectivity index (χ0n) is 22.3. The average molecular weight is 485 g/mol. The van der Waals surface area contributed by atoms with Crippen molar-refractivity contribution in [3.63, 3.8) is 0 Å². The molecule has 1 atom stereocenters. The molecule has 1 aromatic heterocycles. The molecule has 0 saturated carbocycles. The van der Waals surface area contributed by atoms with E-state index in [1.54, 1.807) is 0 Å². The largest absolute Gasteiger partial charge is 0.372 e. The number of rotatable bonds is 8. The summed E-state index contributed by atoms with van der Waals surface area (Å²) in [6.07, 6.45) is 2.16. The predicted octanol–water partition coefficient (Wildman–Crippen LogP) is 9.49. The highest BCUT2D eigenvalue weighted by Crippen LogP contribution is 2.36. The minimum Gasteiger partial charge on any atom is -0.372 e. The van der Waals surface area contributed by atoms with Gasteiger partial charge in [-0.15, -0.1) is 0 Å². The third-order valence-corrected chi connectivity index (χ3v) is 7.24. The molecule has 2 heteroatoms. The molecule has 5 aromatic rings. The van der Waals surface area contributed by atoms with E-state index in [1.807, 2.05) is 0 Å². The van der Waals surface area contributed by atoms with Crippen molar-refractivity contribution in [2.24, 2.45) is 0 Å². The molecule has 2 nitrogen and oxygen atoms in total. The van der Waals surface area contributed by atoms with E-state index >= 15 is 0 Å². The summed E-state index contributed by atoms with van der Waals surface area (Å²) >= 11 is 0. The lowest BCUT2D eigenvalue weighted by molar-refractivity contribution is 0.828. The Bertz CT molecular complexity index is 1510. The SMILES string of the molecule is CCCc1cccc(C(C)C)c1NC(c1cccc(-c2cccc3ccccc23)n1)c1ccccc1C. The summed E-state index contributed by atoms with van der Waals surface area (Å²) in [4.78, 5) is 5.29. The first-order chi connectivity index (χ1) is 18.1. The van der Waals surface area contributed by atoms with Gasteiger partial charge in [0.15, 0.2) is 0 Å². The Morgan fingerprint density at radius 3 is 2.24 bits per heavy atom. The summed E-state index contributed by atoms with van der Waals surface area (Å²) in [7, 11) is 0. The summed E-state index contributed by atoms with van der Waals surface area (Å²) in [5, 5.41) is 6.47. The van der Waals surface area contributed by atoms with Gasteiger partial charge in [-0.1, -0.05) is 118 Å². The predicted molar refractivity (Wildman–Crippen MR) is 158 cm³/mol. The van der Waals surface area contributed by atoms with Crippen LogP contribution in [0.2, 0.25) is 0 Å². The summed E-state index contributed by atoms with van der Waals surface area (Å²) in [6, 6.07) is 36.8. The molecule has 0 aliphatic carbocycles. The molecule has 1 N–H and O–H groups in total. The van der Waals surface area contributed by atoms with Crippen LogP contribution in [0.1, 0.15) is 67.1 Å². The van der Waals surface area contributed by atoms with Crippen molar-refractivity contribution < 1.29 is 0 Å². The lowest BCUT2D eigenvalue weighted by Gasteiger charge is -2.27. The Hall–Kier alpha value is -3.91. The Morgan fingerprint density at radius 2 is 1.43 bits per heavy atom. The molecule has 0 saturated heterocycles. The summed E-state index contributed by atoms with van der Waals surface area (Å²) < 4.78 is 0. The number of hydrogen-bond donors (Lipinski definition) is 1. The molecule has 0 fully saturated rings. The minimum absolute atomic E-state index is 0.0633. The van der Waals surface area contributed by atoms with Gasteiger partial charge in [-0.3, -0.25) is 4.98 Å². The third kappa shape index (κ3) is 5.15. The van der Waals surface area contributed by atoms with Gasteiger partial charge in [0, 0.05) is 11.3 Å². The van der Waals surface area contributed by atoms with Crippen LogP contribution in [0, 0.1) is 6.92 Å². The van der Waals surface area contributed by atoms with Crippen LogP contribution in [0.25, 0.3) is 22.0 Å². The van der Waals surface area contributed by atoms with E-state index in [0.29, 0.717) is 5.92 Å². The molecule has 0 bridgehead atoms. The van der Waals surface area contributed by atoms with Crippen molar-refractivity contribution in [3.05, 3.63) is 131 Å². The van der Waals surface area contributed by atoms with Crippen LogP contribution in [0.15, 0.2) is 103 Å². The molecule has 5 rings (SSSR count). The number of benzene rings is 4. The van der Waals surface area contributed by atoms with Crippen LogP contribution in [0.5, 0.6) is 0 Å². The van der Waals surface area contributed by atoms with Crippen molar-refractivity contribution in [2.45, 2.75) is 52.5 Å². The molecule has 186 valence electrons. The van der Waals surface area contributed by atoms with E-state index < -0.39 is 0 Å². The van der Waals surface area contributed by atoms with Crippen LogP contribution >= 0.6 is 0 Å². The number of pyridine rings is 1. The minimum atomic E-state index is -0.0633. The van der Waals surface area contributed by atoms with Crippen molar-refractivity contribution in [2.75, 3.05) is 5.32 Å². The highest BCUT2D eigenvalue weighted by Gasteiger charge is 2.22. The number of nitrogens with one attached hydrogen (secondary N) is 1. The van der Waals surface area contributed by atoms with E-state index in [-0.39, 0.29) is 6.04 Å². The zero-order chi connectivity index (χ0) is 25.8. The Morgan fingerprint density at radius 1 is 0.730 bits per heavy atom. The highest BCUT2D eigenvalue weighted by atomic mass is 15.0. The molecule has 1 unspecified atom stereocenters. The average Bonchev–Trinajstić information content (AvgIpc) is 2.92. The van der Waals surface area contributed by atoms with Crippen LogP contribution in [-0.4, -0.2) is 4.98 Å². The number of nitrogens with zero attached hydrogens (tertiary/aromatic N) is 1. The fraction of sp³-hybridized carbons (Fsp3) is 0.229. The van der Waals surface area contributed by atoms with Gasteiger partial charge in [-0.25, -0.2) is 0 Å². The quantitative estimate of drug-likeness (QED) is 0.237. The van der Waals surface area contributed by atoms with Gasteiger partial charge in [-0.2, -0.15) is 0 Å². The molecule has 1 heterocycles. The van der Waals surface area contributed by atoms with Crippen molar-refractivity contribution in [1.82, 2.24) is 4.98 Å². The Balaban J connectivity index is 1.66. The number of para-hydroxylation sites is 1. The molecule has 0 aliphatic rings. The second-order valence-electron chi connectivity index (χ2n) is 10.2. The molecule has 0 aliphatic heterocycles. The molecule has 4 aromatic carbocycles. The van der Waals surface area contributed by atoms with E-state index in [9.17, 15) is 0 Å². The summed E-state index contributed by atoms with van der Waals surface area (Å²) in [5.74, 6) is 0.423. The van der Waals surface area contributed by atoms with Gasteiger partial charge in [-0.05, 0) is 64.4 Å². The number of anilines is 1. The molecule has 0 spiro atoms. The maximum atomic E-state index is 5.29. The number of hydrogen-bond acceptors (Lipinski definition) is 2. The molecular formula is C35H36N2. The Kier molecular flexibility index (Phi) is 7.37. The maximum absolute atomic E-state index is 5.29. The van der Waals surface area contributed by atoms with Gasteiger partial charge in [0.2, 0.25) is 0 Å². The van der Waals surface area contributed by atoms with Crippen molar-refractivity contribution in [1.29, 1.82) is 0 Å². The van der Waals surface area contributed by atoms with Crippen LogP contribution in [0.4, 0.5) is 5.69 Å². The smallest absolute Gasteiger partial charge is 0.0943 e. The fourth-order valence-corrected chi connectivity index (χ4v) is 5.33. The standard InChI is InChI=1S/C35H36N2/c1-5-13-27-17-11-20-28(24(2)3)34(27)37-35(29-18-8-6-14-25(29)4)33-23-12-22-32(36-33)31-21-10-16-26-15-7-9-19-30(26)31/h6-12,14-24,35,37H,5,13H2,1-4H3. The Labute approximate surface area is 221 Å². The molecular weight excluding hydrogens is 448 g/mol. The number of fused-ring (bicyclic) bond motifs is 1. The van der Waals surface area contributed by atoms with E-state index in [1.165, 1.54) is 38.7 Å². The van der Waals surface area contributed by atoms with E-state index in [4.69, 9.17) is 4.98 Å². The van der Waals surface area contributed by atoms with Gasteiger partial charge < -0.3 is 5.32 Å². The summed E-state index contributed by atoms with van der Waals surface area (Å²) in [5.41, 5.74) is 9.69. The zero-order valence-corrected chi connectivity index (χ0v) is 22.3. The highest BCUT2D eigenvalue weighted by molar-refractivity contribution is 5.95. The normalized spacial score (nSPS) is 12.1. The van der Waals surface area contributed by atoms with Gasteiger partial charge in [0.1, 0.15) is 0 Å². The maximum Gasteiger partial charge on any atom is 0.0943 e. The van der Waals surface area contributed by atoms with Crippen LogP contribution in [-0.2, 0) is 6.42 Å².